The van der Waals surface area contributed by atoms with E-state index in [1.165, 1.54) is 6.42 Å². The third-order valence-corrected chi connectivity index (χ3v) is 4.58. The van der Waals surface area contributed by atoms with Gasteiger partial charge in [-0.05, 0) is 45.4 Å². The van der Waals surface area contributed by atoms with E-state index in [1.54, 1.807) is 0 Å². The zero-order valence-electron chi connectivity index (χ0n) is 11.8. The van der Waals surface area contributed by atoms with Gasteiger partial charge in [0.05, 0.1) is 0 Å². The molecule has 2 saturated carbocycles. The fraction of sp³-hybridized carbons (Fsp3) is 0.714. The Balaban J connectivity index is 1.49. The number of rotatable bonds is 3. The summed E-state index contributed by atoms with van der Waals surface area (Å²) >= 11 is 0. The molecule has 2 aliphatic carbocycles. The van der Waals surface area contributed by atoms with Gasteiger partial charge in [-0.25, -0.2) is 4.79 Å². The maximum absolute atomic E-state index is 11.9. The van der Waals surface area contributed by atoms with Gasteiger partial charge in [-0.15, -0.1) is 0 Å². The molecular formula is C14H22N4O2. The largest absolute Gasteiger partial charge is 0.446 e. The van der Waals surface area contributed by atoms with Crippen LogP contribution < -0.4 is 11.1 Å². The summed E-state index contributed by atoms with van der Waals surface area (Å²) in [5.41, 5.74) is 6.61. The molecule has 0 radical (unpaired) electrons. The van der Waals surface area contributed by atoms with Gasteiger partial charge in [0.25, 0.3) is 0 Å². The van der Waals surface area contributed by atoms with Gasteiger partial charge in [-0.1, -0.05) is 0 Å². The average Bonchev–Trinajstić information content (AvgIpc) is 2.96. The third-order valence-electron chi connectivity index (χ3n) is 4.58. The van der Waals surface area contributed by atoms with E-state index in [0.717, 1.165) is 37.8 Å². The van der Waals surface area contributed by atoms with Crippen LogP contribution in [0.2, 0.25) is 0 Å². The summed E-state index contributed by atoms with van der Waals surface area (Å²) in [7, 11) is 0. The van der Waals surface area contributed by atoms with Crippen LogP contribution in [0.4, 0.5) is 10.6 Å². The van der Waals surface area contributed by atoms with Crippen molar-refractivity contribution < 1.29 is 9.53 Å². The van der Waals surface area contributed by atoms with Crippen molar-refractivity contribution in [3.8, 4) is 0 Å². The number of amides is 1. The molecule has 0 spiro atoms. The number of nitrogen functional groups attached to an aromatic ring is 1. The molecule has 0 unspecified atom stereocenters. The Morgan fingerprint density at radius 2 is 2.35 bits per heavy atom. The second-order valence-corrected chi connectivity index (χ2v) is 6.32. The normalized spacial score (nSPS) is 27.9. The Morgan fingerprint density at radius 1 is 1.55 bits per heavy atom. The van der Waals surface area contributed by atoms with E-state index in [4.69, 9.17) is 10.5 Å². The molecule has 2 atom stereocenters. The van der Waals surface area contributed by atoms with Crippen LogP contribution in [0.15, 0.2) is 6.07 Å². The highest BCUT2D eigenvalue weighted by Gasteiger charge is 2.35. The molecule has 1 aromatic rings. The van der Waals surface area contributed by atoms with Gasteiger partial charge in [-0.2, -0.15) is 5.10 Å². The molecule has 1 heterocycles. The van der Waals surface area contributed by atoms with Crippen LogP contribution in [0.1, 0.15) is 57.1 Å². The Bertz CT molecular complexity index is 495. The standard InChI is InChI=1S/C14H22N4O2/c1-14(5-2-6-14)16-13(19)20-10-4-3-9(7-10)11-8-12(15)18-17-11/h8-10H,2-7H2,1H3,(H,16,19)(H3,15,17,18)/t9-,10+/m0/s1. The minimum atomic E-state index is -0.276. The number of carbonyl (C=O) groups excluding carboxylic acids is 1. The van der Waals surface area contributed by atoms with Crippen LogP contribution >= 0.6 is 0 Å². The highest BCUT2D eigenvalue weighted by molar-refractivity contribution is 5.68. The Hall–Kier alpha value is -1.72. The number of hydrogen-bond donors (Lipinski definition) is 3. The van der Waals surface area contributed by atoms with E-state index in [-0.39, 0.29) is 17.7 Å². The first-order chi connectivity index (χ1) is 9.54. The van der Waals surface area contributed by atoms with Gasteiger partial charge in [0.2, 0.25) is 0 Å². The lowest BCUT2D eigenvalue weighted by atomic mass is 9.79. The van der Waals surface area contributed by atoms with Crippen molar-refractivity contribution in [1.82, 2.24) is 15.5 Å². The first-order valence-electron chi connectivity index (χ1n) is 7.34. The van der Waals surface area contributed by atoms with E-state index in [2.05, 4.69) is 22.4 Å². The fourth-order valence-electron chi connectivity index (χ4n) is 3.15. The quantitative estimate of drug-likeness (QED) is 0.791. The number of nitrogens with one attached hydrogen (secondary N) is 2. The lowest BCUT2D eigenvalue weighted by Gasteiger charge is -2.38. The van der Waals surface area contributed by atoms with Crippen LogP contribution in [0.3, 0.4) is 0 Å². The zero-order valence-corrected chi connectivity index (χ0v) is 11.8. The van der Waals surface area contributed by atoms with Gasteiger partial charge < -0.3 is 15.8 Å². The molecule has 2 fully saturated rings. The number of H-pyrrole nitrogens is 1. The molecule has 0 bridgehead atoms. The van der Waals surface area contributed by atoms with Crippen molar-refractivity contribution in [3.63, 3.8) is 0 Å². The van der Waals surface area contributed by atoms with Gasteiger partial charge in [0.1, 0.15) is 11.9 Å². The Labute approximate surface area is 118 Å². The number of nitrogens with zero attached hydrogens (tertiary/aromatic N) is 1. The van der Waals surface area contributed by atoms with Crippen molar-refractivity contribution >= 4 is 11.9 Å². The first kappa shape index (κ1) is 13.3. The summed E-state index contributed by atoms with van der Waals surface area (Å²) < 4.78 is 5.53. The van der Waals surface area contributed by atoms with Crippen molar-refractivity contribution in [2.45, 2.75) is 63.0 Å². The van der Waals surface area contributed by atoms with Crippen LogP contribution in [-0.4, -0.2) is 27.9 Å². The minimum absolute atomic E-state index is 0.00630. The second kappa shape index (κ2) is 5.00. The summed E-state index contributed by atoms with van der Waals surface area (Å²) in [6.45, 7) is 2.07. The Morgan fingerprint density at radius 3 is 2.95 bits per heavy atom. The highest BCUT2D eigenvalue weighted by Crippen LogP contribution is 2.36. The van der Waals surface area contributed by atoms with Crippen LogP contribution in [0.5, 0.6) is 0 Å². The van der Waals surface area contributed by atoms with E-state index in [9.17, 15) is 4.79 Å². The first-order valence-corrected chi connectivity index (χ1v) is 7.34. The van der Waals surface area contributed by atoms with Gasteiger partial charge in [-0.3, -0.25) is 5.10 Å². The molecule has 1 aromatic heterocycles. The molecule has 0 aliphatic heterocycles. The van der Waals surface area contributed by atoms with Gasteiger partial charge in [0, 0.05) is 23.2 Å². The topological polar surface area (TPSA) is 93.0 Å². The molecule has 3 rings (SSSR count). The number of nitrogens with two attached hydrogens (primary N) is 1. The van der Waals surface area contributed by atoms with E-state index in [0.29, 0.717) is 11.7 Å². The van der Waals surface area contributed by atoms with E-state index in [1.807, 2.05) is 6.07 Å². The number of hydrogen-bond acceptors (Lipinski definition) is 4. The van der Waals surface area contributed by atoms with Crippen molar-refractivity contribution in [3.05, 3.63) is 11.8 Å². The number of carbonyl (C=O) groups is 1. The predicted octanol–water partition coefficient (Wildman–Crippen LogP) is 2.30. The monoisotopic (exact) mass is 278 g/mol. The lowest BCUT2D eigenvalue weighted by Crippen LogP contribution is -2.51. The van der Waals surface area contributed by atoms with Crippen LogP contribution in [0, 0.1) is 0 Å². The third kappa shape index (κ3) is 2.73. The molecule has 110 valence electrons. The summed E-state index contributed by atoms with van der Waals surface area (Å²) in [6.07, 6.45) is 5.72. The summed E-state index contributed by atoms with van der Waals surface area (Å²) in [6, 6.07) is 1.86. The molecule has 0 aromatic carbocycles. The Kier molecular flexibility index (Phi) is 3.31. The summed E-state index contributed by atoms with van der Waals surface area (Å²) in [4.78, 5) is 11.9. The molecule has 6 nitrogen and oxygen atoms in total. The van der Waals surface area contributed by atoms with Crippen LogP contribution in [-0.2, 0) is 4.74 Å². The number of ether oxygens (including phenoxy) is 1. The van der Waals surface area contributed by atoms with Crippen molar-refractivity contribution in [2.24, 2.45) is 0 Å². The minimum Gasteiger partial charge on any atom is -0.446 e. The molecular weight excluding hydrogens is 256 g/mol. The highest BCUT2D eigenvalue weighted by atomic mass is 16.6. The number of alkyl carbamates (subject to hydrolysis) is 1. The number of anilines is 1. The maximum Gasteiger partial charge on any atom is 0.407 e. The van der Waals surface area contributed by atoms with Crippen molar-refractivity contribution in [1.29, 1.82) is 0 Å². The van der Waals surface area contributed by atoms with Gasteiger partial charge >= 0.3 is 6.09 Å². The molecule has 2 aliphatic rings. The molecule has 0 saturated heterocycles. The van der Waals surface area contributed by atoms with E-state index < -0.39 is 0 Å². The lowest BCUT2D eigenvalue weighted by molar-refractivity contribution is 0.0813. The molecule has 1 amide bonds. The molecule has 6 heteroatoms. The second-order valence-electron chi connectivity index (χ2n) is 6.32. The average molecular weight is 278 g/mol. The number of aromatic amines is 1. The predicted molar refractivity (Wildman–Crippen MR) is 75.3 cm³/mol. The molecule has 20 heavy (non-hydrogen) atoms. The molecule has 4 N–H and O–H groups in total. The fourth-order valence-corrected chi connectivity index (χ4v) is 3.15. The number of aromatic nitrogens is 2. The van der Waals surface area contributed by atoms with Gasteiger partial charge in [0.15, 0.2) is 0 Å². The van der Waals surface area contributed by atoms with Crippen molar-refractivity contribution in [2.75, 3.05) is 5.73 Å². The smallest absolute Gasteiger partial charge is 0.407 e. The van der Waals surface area contributed by atoms with E-state index >= 15 is 0 Å². The SMILES string of the molecule is CC1(NC(=O)O[C@@H]2CC[C@H](c3cc(N)n[nH]3)C2)CCC1. The van der Waals surface area contributed by atoms with Crippen LogP contribution in [0.25, 0.3) is 0 Å². The summed E-state index contributed by atoms with van der Waals surface area (Å²) in [5.74, 6) is 0.872. The maximum atomic E-state index is 11.9. The summed E-state index contributed by atoms with van der Waals surface area (Å²) in [5, 5.41) is 9.87. The zero-order chi connectivity index (χ0) is 14.2.